The van der Waals surface area contributed by atoms with Gasteiger partial charge in [-0.25, -0.2) is 28.1 Å². The summed E-state index contributed by atoms with van der Waals surface area (Å²) < 4.78 is 36.3. The Morgan fingerprint density at radius 3 is 2.12 bits per heavy atom. The Bertz CT molecular complexity index is 1890. The van der Waals surface area contributed by atoms with E-state index in [1.54, 1.807) is 23.1 Å². The SMILES string of the molecule is Cc1cccc(C)c1-c1cc2nc(n1)NS(=O)(=O)c1cccc(c1)C(=O)N(Cc1nc(N(C)C)cc(N(C)C)n1)[C@H](CC(C)(C)C)CO2. The van der Waals surface area contributed by atoms with Crippen LogP contribution in [0.15, 0.2) is 59.5 Å². The van der Waals surface area contributed by atoms with Crippen molar-refractivity contribution in [2.75, 3.05) is 49.3 Å². The van der Waals surface area contributed by atoms with E-state index in [0.717, 1.165) is 16.7 Å². The fourth-order valence-electron chi connectivity index (χ4n) is 5.70. The second-order valence-corrected chi connectivity index (χ2v) is 15.4. The van der Waals surface area contributed by atoms with Gasteiger partial charge in [0, 0.05) is 51.5 Å². The Kier molecular flexibility index (Phi) is 9.63. The first-order valence-electron chi connectivity index (χ1n) is 15.8. The van der Waals surface area contributed by atoms with Crippen LogP contribution in [0.25, 0.3) is 11.3 Å². The molecule has 13 heteroatoms. The molecule has 0 fully saturated rings. The zero-order valence-electron chi connectivity index (χ0n) is 29.1. The van der Waals surface area contributed by atoms with E-state index < -0.39 is 16.1 Å². The van der Waals surface area contributed by atoms with Gasteiger partial charge >= 0.3 is 0 Å². The number of nitrogens with one attached hydrogen (secondary N) is 1. The van der Waals surface area contributed by atoms with E-state index >= 15 is 0 Å². The largest absolute Gasteiger partial charge is 0.475 e. The van der Waals surface area contributed by atoms with Crippen molar-refractivity contribution in [3.8, 4) is 17.1 Å². The average Bonchev–Trinajstić information content (AvgIpc) is 3.00. The molecule has 1 atom stereocenters. The normalized spacial score (nSPS) is 16.1. The summed E-state index contributed by atoms with van der Waals surface area (Å²) >= 11 is 0. The number of hydrogen-bond acceptors (Lipinski definition) is 10. The molecule has 3 heterocycles. The molecule has 1 N–H and O–H groups in total. The number of carbonyl (C=O) groups excluding carboxylic acids is 1. The molecule has 2 aromatic carbocycles. The van der Waals surface area contributed by atoms with Gasteiger partial charge in [-0.05, 0) is 55.0 Å². The molecule has 4 bridgehead atoms. The molecule has 0 unspecified atom stereocenters. The van der Waals surface area contributed by atoms with Gasteiger partial charge in [-0.15, -0.1) is 0 Å². The zero-order chi connectivity index (χ0) is 35.0. The van der Waals surface area contributed by atoms with E-state index in [-0.39, 0.29) is 46.8 Å². The van der Waals surface area contributed by atoms with Crippen molar-refractivity contribution in [3.05, 3.63) is 77.1 Å². The van der Waals surface area contributed by atoms with Crippen LogP contribution in [-0.4, -0.2) is 80.0 Å². The molecule has 1 aliphatic heterocycles. The maximum atomic E-state index is 14.5. The van der Waals surface area contributed by atoms with E-state index in [2.05, 4.69) is 35.5 Å². The topological polar surface area (TPSA) is 134 Å². The first-order valence-corrected chi connectivity index (χ1v) is 17.2. The van der Waals surface area contributed by atoms with E-state index in [0.29, 0.717) is 29.6 Å². The van der Waals surface area contributed by atoms with Crippen LogP contribution in [0.5, 0.6) is 5.88 Å². The summed E-state index contributed by atoms with van der Waals surface area (Å²) in [6, 6.07) is 15.0. The van der Waals surface area contributed by atoms with Crippen LogP contribution < -0.4 is 19.3 Å². The molecule has 4 aromatic rings. The fourth-order valence-corrected chi connectivity index (χ4v) is 6.69. The van der Waals surface area contributed by atoms with Crippen LogP contribution in [0, 0.1) is 19.3 Å². The molecule has 48 heavy (non-hydrogen) atoms. The Labute approximate surface area is 283 Å². The number of carbonyl (C=O) groups is 1. The monoisotopic (exact) mass is 672 g/mol. The van der Waals surface area contributed by atoms with Crippen LogP contribution in [0.3, 0.4) is 0 Å². The van der Waals surface area contributed by atoms with Gasteiger partial charge < -0.3 is 19.4 Å². The third-order valence-corrected chi connectivity index (χ3v) is 9.33. The highest BCUT2D eigenvalue weighted by Crippen LogP contribution is 2.32. The number of fused-ring (bicyclic) bond motifs is 4. The fraction of sp³-hybridized carbons (Fsp3) is 0.400. The Balaban J connectivity index is 1.69. The quantitative estimate of drug-likeness (QED) is 0.287. The highest BCUT2D eigenvalue weighted by molar-refractivity contribution is 7.92. The predicted octanol–water partition coefficient (Wildman–Crippen LogP) is 5.32. The first-order chi connectivity index (χ1) is 22.5. The molecule has 0 spiro atoms. The Morgan fingerprint density at radius 1 is 0.896 bits per heavy atom. The zero-order valence-corrected chi connectivity index (χ0v) is 29.9. The molecule has 0 aliphatic carbocycles. The van der Waals surface area contributed by atoms with Gasteiger partial charge in [-0.1, -0.05) is 45.0 Å². The van der Waals surface area contributed by atoms with Gasteiger partial charge in [0.25, 0.3) is 15.9 Å². The highest BCUT2D eigenvalue weighted by atomic mass is 32.2. The molecule has 0 radical (unpaired) electrons. The second kappa shape index (κ2) is 13.4. The highest BCUT2D eigenvalue weighted by Gasteiger charge is 2.32. The molecular formula is C35H44N8O4S. The number of nitrogens with zero attached hydrogens (tertiary/aromatic N) is 7. The van der Waals surface area contributed by atoms with Gasteiger partial charge in [0.05, 0.1) is 23.2 Å². The lowest BCUT2D eigenvalue weighted by Gasteiger charge is -2.35. The molecule has 2 aromatic heterocycles. The van der Waals surface area contributed by atoms with Crippen LogP contribution in [0.1, 0.15) is 54.5 Å². The summed E-state index contributed by atoms with van der Waals surface area (Å²) in [4.78, 5) is 38.5. The third-order valence-electron chi connectivity index (χ3n) is 8.00. The smallest absolute Gasteiger partial charge is 0.264 e. The summed E-state index contributed by atoms with van der Waals surface area (Å²) in [7, 11) is 3.40. The molecule has 5 rings (SSSR count). The van der Waals surface area contributed by atoms with Gasteiger partial charge in [0.15, 0.2) is 5.82 Å². The Morgan fingerprint density at radius 2 is 1.52 bits per heavy atom. The van der Waals surface area contributed by atoms with E-state index in [1.165, 1.54) is 12.1 Å². The number of benzene rings is 2. The number of ether oxygens (including phenoxy) is 1. The average molecular weight is 673 g/mol. The maximum absolute atomic E-state index is 14.5. The molecule has 1 amide bonds. The number of amides is 1. The number of anilines is 3. The first kappa shape index (κ1) is 34.6. The van der Waals surface area contributed by atoms with E-state index in [9.17, 15) is 13.2 Å². The summed E-state index contributed by atoms with van der Waals surface area (Å²) in [6.45, 7) is 10.4. The predicted molar refractivity (Wildman–Crippen MR) is 188 cm³/mol. The molecule has 12 nitrogen and oxygen atoms in total. The lowest BCUT2D eigenvalue weighted by molar-refractivity contribution is 0.0505. The summed E-state index contributed by atoms with van der Waals surface area (Å²) in [5.41, 5.74) is 3.30. The van der Waals surface area contributed by atoms with Crippen molar-refractivity contribution in [2.45, 2.75) is 58.5 Å². The van der Waals surface area contributed by atoms with Crippen LogP contribution in [-0.2, 0) is 16.6 Å². The minimum Gasteiger partial charge on any atom is -0.475 e. The minimum atomic E-state index is -4.19. The van der Waals surface area contributed by atoms with E-state index in [4.69, 9.17) is 14.7 Å². The Hall–Kier alpha value is -4.78. The van der Waals surface area contributed by atoms with Crippen LogP contribution in [0.4, 0.5) is 17.6 Å². The third kappa shape index (κ3) is 7.84. The number of aromatic nitrogens is 4. The van der Waals surface area contributed by atoms with Crippen molar-refractivity contribution in [2.24, 2.45) is 5.41 Å². The van der Waals surface area contributed by atoms with Crippen molar-refractivity contribution < 1.29 is 17.9 Å². The molecule has 254 valence electrons. The number of hydrogen-bond donors (Lipinski definition) is 1. The van der Waals surface area contributed by atoms with Crippen molar-refractivity contribution in [1.29, 1.82) is 0 Å². The van der Waals surface area contributed by atoms with Crippen LogP contribution in [0.2, 0.25) is 0 Å². The number of sulfonamides is 1. The van der Waals surface area contributed by atoms with Gasteiger partial charge in [-0.3, -0.25) is 4.79 Å². The lowest BCUT2D eigenvalue weighted by Crippen LogP contribution is -2.45. The second-order valence-electron chi connectivity index (χ2n) is 13.8. The standard InChI is InChI=1S/C35H44N8O4S/c1-22-12-10-13-23(2)32(22)27-17-31-39-34(36-27)40-48(45,46)26-15-11-14-24(16-26)33(44)43(25(21-47-31)19-35(3,4)5)20-28-37-29(41(6)7)18-30(38-28)42(8)9/h10-18,25H,19-21H2,1-9H3,(H,36,39,40)/t25-/m1/s1. The van der Waals surface area contributed by atoms with Crippen LogP contribution >= 0.6 is 0 Å². The summed E-state index contributed by atoms with van der Waals surface area (Å²) in [5, 5.41) is 0. The molecule has 0 saturated carbocycles. The lowest BCUT2D eigenvalue weighted by atomic mass is 9.87. The van der Waals surface area contributed by atoms with Crippen molar-refractivity contribution in [1.82, 2.24) is 24.8 Å². The van der Waals surface area contributed by atoms with Crippen molar-refractivity contribution in [3.63, 3.8) is 0 Å². The molecule has 0 saturated heterocycles. The van der Waals surface area contributed by atoms with E-state index in [1.807, 2.05) is 76.1 Å². The molecule has 1 aliphatic rings. The molecular weight excluding hydrogens is 629 g/mol. The van der Waals surface area contributed by atoms with Gasteiger partial charge in [-0.2, -0.15) is 4.98 Å². The summed E-state index contributed by atoms with van der Waals surface area (Å²) in [5.74, 6) is 1.50. The van der Waals surface area contributed by atoms with Gasteiger partial charge in [0.2, 0.25) is 11.8 Å². The number of aryl methyl sites for hydroxylation is 2. The van der Waals surface area contributed by atoms with Gasteiger partial charge in [0.1, 0.15) is 18.2 Å². The van der Waals surface area contributed by atoms with Crippen molar-refractivity contribution >= 4 is 33.5 Å². The number of rotatable bonds is 6. The summed E-state index contributed by atoms with van der Waals surface area (Å²) in [6.07, 6.45) is 0.560. The minimum absolute atomic E-state index is 0.0589. The maximum Gasteiger partial charge on any atom is 0.264 e.